The van der Waals surface area contributed by atoms with Gasteiger partial charge in [0.25, 0.3) is 0 Å². The van der Waals surface area contributed by atoms with E-state index >= 15 is 4.57 Å². The standard InChI is InChI=1S/C26H15N2OPS2/c29-30(17-8-2-1-3-9-17)23(25-27-12-14-31-25)21-18-10-4-6-16-7-5-11-19(20(16)18)22(21)24(30)26-28-13-15-32-26/h1-15H. The lowest BCUT2D eigenvalue weighted by Crippen LogP contribution is -2.06. The fourth-order valence-corrected chi connectivity index (χ4v) is 10.3. The minimum absolute atomic E-state index is 0.820. The quantitative estimate of drug-likeness (QED) is 0.264. The minimum atomic E-state index is -3.20. The molecule has 3 heterocycles. The summed E-state index contributed by atoms with van der Waals surface area (Å²) in [6.45, 7) is 0. The fraction of sp³-hybridized carbons (Fsp3) is 0. The Hall–Kier alpha value is -3.11. The van der Waals surface area contributed by atoms with Gasteiger partial charge in [0, 0.05) is 39.6 Å². The minimum Gasteiger partial charge on any atom is -0.308 e. The van der Waals surface area contributed by atoms with E-state index in [2.05, 4.69) is 46.4 Å². The number of aromatic nitrogens is 2. The summed E-state index contributed by atoms with van der Waals surface area (Å²) < 4.78 is 15.4. The average Bonchev–Trinajstić information content (AvgIpc) is 3.62. The summed E-state index contributed by atoms with van der Waals surface area (Å²) in [6, 6.07) is 22.6. The van der Waals surface area contributed by atoms with Gasteiger partial charge >= 0.3 is 0 Å². The van der Waals surface area contributed by atoms with E-state index in [-0.39, 0.29) is 0 Å². The highest BCUT2D eigenvalue weighted by Gasteiger charge is 2.50. The smallest absolute Gasteiger partial charge is 0.178 e. The molecule has 0 bridgehead atoms. The van der Waals surface area contributed by atoms with E-state index in [1.807, 2.05) is 41.1 Å². The zero-order valence-electron chi connectivity index (χ0n) is 16.7. The summed E-state index contributed by atoms with van der Waals surface area (Å²) in [7, 11) is -3.20. The van der Waals surface area contributed by atoms with Gasteiger partial charge in [-0.15, -0.1) is 22.7 Å². The SMILES string of the molecule is O=P1(c2ccccc2)C(c2nccs2)=C2C(=C1c1nccs1)c1cccc3cccc2c13. The second kappa shape index (κ2) is 6.69. The van der Waals surface area contributed by atoms with Crippen molar-refractivity contribution in [1.29, 1.82) is 0 Å². The molecule has 0 saturated carbocycles. The van der Waals surface area contributed by atoms with E-state index < -0.39 is 7.14 Å². The monoisotopic (exact) mass is 466 g/mol. The van der Waals surface area contributed by atoms with E-state index in [9.17, 15) is 0 Å². The largest absolute Gasteiger partial charge is 0.308 e. The van der Waals surface area contributed by atoms with Gasteiger partial charge in [0.2, 0.25) is 0 Å². The summed E-state index contributed by atoms with van der Waals surface area (Å²) in [5.74, 6) is 0. The van der Waals surface area contributed by atoms with Gasteiger partial charge in [-0.25, -0.2) is 9.97 Å². The molecule has 3 nitrogen and oxygen atoms in total. The highest BCUT2D eigenvalue weighted by atomic mass is 32.1. The zero-order chi connectivity index (χ0) is 21.3. The topological polar surface area (TPSA) is 42.9 Å². The molecule has 0 radical (unpaired) electrons. The Morgan fingerprint density at radius 1 is 0.656 bits per heavy atom. The van der Waals surface area contributed by atoms with Crippen molar-refractivity contribution in [3.63, 3.8) is 0 Å². The molecular formula is C26H15N2OPS2. The predicted molar refractivity (Wildman–Crippen MR) is 135 cm³/mol. The molecule has 0 saturated heterocycles. The molecule has 0 spiro atoms. The summed E-state index contributed by atoms with van der Waals surface area (Å²) in [4.78, 5) is 9.33. The number of thiazole rings is 2. The summed E-state index contributed by atoms with van der Waals surface area (Å²) >= 11 is 3.10. The number of allylic oxidation sites excluding steroid dienone is 2. The molecule has 7 rings (SSSR count). The van der Waals surface area contributed by atoms with Crippen molar-refractivity contribution in [2.75, 3.05) is 0 Å². The molecule has 3 aromatic carbocycles. The summed E-state index contributed by atoms with van der Waals surface area (Å²) in [6.07, 6.45) is 3.60. The van der Waals surface area contributed by atoms with Gasteiger partial charge in [-0.2, -0.15) is 0 Å². The van der Waals surface area contributed by atoms with Crippen LogP contribution in [0.3, 0.4) is 0 Å². The second-order valence-corrected chi connectivity index (χ2v) is 12.2. The van der Waals surface area contributed by atoms with Crippen molar-refractivity contribution in [2.45, 2.75) is 0 Å². The summed E-state index contributed by atoms with van der Waals surface area (Å²) in [5, 5.41) is 10.5. The van der Waals surface area contributed by atoms with Crippen molar-refractivity contribution in [1.82, 2.24) is 9.97 Å². The lowest BCUT2D eigenvalue weighted by molar-refractivity contribution is 0.593. The molecule has 5 aromatic rings. The molecule has 152 valence electrons. The first kappa shape index (κ1) is 18.5. The van der Waals surface area contributed by atoms with Crippen LogP contribution in [0.15, 0.2) is 89.9 Å². The molecule has 2 aliphatic rings. The Morgan fingerprint density at radius 3 is 1.72 bits per heavy atom. The zero-order valence-corrected chi connectivity index (χ0v) is 19.3. The maximum atomic E-state index is 15.4. The van der Waals surface area contributed by atoms with Crippen LogP contribution >= 0.6 is 29.8 Å². The van der Waals surface area contributed by atoms with Crippen molar-refractivity contribution >= 4 is 67.7 Å². The van der Waals surface area contributed by atoms with E-state index in [1.165, 1.54) is 10.8 Å². The first-order valence-electron chi connectivity index (χ1n) is 10.3. The highest BCUT2D eigenvalue weighted by Crippen LogP contribution is 2.78. The molecule has 0 fully saturated rings. The second-order valence-electron chi connectivity index (χ2n) is 7.78. The molecular weight excluding hydrogens is 451 g/mol. The van der Waals surface area contributed by atoms with Crippen molar-refractivity contribution in [3.8, 4) is 0 Å². The fourth-order valence-electron chi connectivity index (χ4n) is 5.01. The first-order chi connectivity index (χ1) is 15.8. The number of fused-ring (bicyclic) bond motifs is 3. The molecule has 0 unspecified atom stereocenters. The van der Waals surface area contributed by atoms with Crippen LogP contribution in [0.5, 0.6) is 0 Å². The molecule has 2 aromatic heterocycles. The van der Waals surface area contributed by atoms with E-state index in [0.717, 1.165) is 48.2 Å². The van der Waals surface area contributed by atoms with Crippen LogP contribution in [-0.4, -0.2) is 9.97 Å². The maximum absolute atomic E-state index is 15.4. The van der Waals surface area contributed by atoms with Crippen molar-refractivity contribution in [2.24, 2.45) is 0 Å². The van der Waals surface area contributed by atoms with Crippen LogP contribution in [0, 0.1) is 0 Å². The van der Waals surface area contributed by atoms with E-state index in [0.29, 0.717) is 0 Å². The molecule has 6 heteroatoms. The van der Waals surface area contributed by atoms with Gasteiger partial charge in [0.1, 0.15) is 10.0 Å². The third-order valence-corrected chi connectivity index (χ3v) is 11.2. The number of benzene rings is 3. The van der Waals surface area contributed by atoms with Crippen LogP contribution in [0.2, 0.25) is 0 Å². The van der Waals surface area contributed by atoms with Crippen LogP contribution in [0.25, 0.3) is 32.5 Å². The van der Waals surface area contributed by atoms with Gasteiger partial charge in [0.15, 0.2) is 7.14 Å². The predicted octanol–water partition coefficient (Wildman–Crippen LogP) is 7.21. The van der Waals surface area contributed by atoms with Gasteiger partial charge in [-0.3, -0.25) is 0 Å². The number of rotatable bonds is 3. The molecule has 0 atom stereocenters. The lowest BCUT2D eigenvalue weighted by Gasteiger charge is -2.20. The Kier molecular flexibility index (Phi) is 3.86. The van der Waals surface area contributed by atoms with Crippen LogP contribution in [0.4, 0.5) is 0 Å². The highest BCUT2D eigenvalue weighted by molar-refractivity contribution is 7.91. The van der Waals surface area contributed by atoms with Crippen LogP contribution < -0.4 is 5.30 Å². The van der Waals surface area contributed by atoms with Crippen LogP contribution in [-0.2, 0) is 4.57 Å². The Morgan fingerprint density at radius 2 is 1.22 bits per heavy atom. The Labute approximate surface area is 192 Å². The Balaban J connectivity index is 1.72. The number of hydrogen-bond acceptors (Lipinski definition) is 5. The summed E-state index contributed by atoms with van der Waals surface area (Å²) in [5.41, 5.74) is 4.40. The van der Waals surface area contributed by atoms with Gasteiger partial charge < -0.3 is 4.57 Å². The molecule has 1 aliphatic heterocycles. The van der Waals surface area contributed by atoms with E-state index in [1.54, 1.807) is 35.1 Å². The van der Waals surface area contributed by atoms with Crippen molar-refractivity contribution in [3.05, 3.63) is 111 Å². The van der Waals surface area contributed by atoms with Gasteiger partial charge in [0.05, 0.1) is 10.6 Å². The average molecular weight is 467 g/mol. The molecule has 0 amide bonds. The lowest BCUT2D eigenvalue weighted by atomic mass is 10.0. The van der Waals surface area contributed by atoms with Crippen molar-refractivity contribution < 1.29 is 4.57 Å². The first-order valence-corrected chi connectivity index (χ1v) is 13.7. The van der Waals surface area contributed by atoms with Crippen LogP contribution in [0.1, 0.15) is 21.1 Å². The molecule has 1 aliphatic carbocycles. The number of nitrogens with zero attached hydrogens (tertiary/aromatic N) is 2. The number of hydrogen-bond donors (Lipinski definition) is 0. The third-order valence-electron chi connectivity index (χ3n) is 6.19. The van der Waals surface area contributed by atoms with Gasteiger partial charge in [-0.05, 0) is 21.9 Å². The van der Waals surface area contributed by atoms with Gasteiger partial charge in [-0.1, -0.05) is 66.7 Å². The van der Waals surface area contributed by atoms with E-state index in [4.69, 9.17) is 0 Å². The third kappa shape index (κ3) is 2.28. The normalized spacial score (nSPS) is 16.2. The Bertz CT molecular complexity index is 1540. The maximum Gasteiger partial charge on any atom is 0.178 e. The molecule has 0 N–H and O–H groups in total. The molecule has 32 heavy (non-hydrogen) atoms.